The summed E-state index contributed by atoms with van der Waals surface area (Å²) >= 11 is 12.1. The summed E-state index contributed by atoms with van der Waals surface area (Å²) in [6.07, 6.45) is -0.252. The molecule has 3 heterocycles. The summed E-state index contributed by atoms with van der Waals surface area (Å²) in [6.45, 7) is 2.91. The predicted octanol–water partition coefficient (Wildman–Crippen LogP) is 5.64. The molecule has 1 aliphatic rings. The molecule has 0 saturated carbocycles. The number of alkyl halides is 3. The molecule has 1 aliphatic heterocycles. The van der Waals surface area contributed by atoms with E-state index >= 15 is 0 Å². The van der Waals surface area contributed by atoms with E-state index in [0.717, 1.165) is 5.69 Å². The molecule has 1 N–H and O–H groups in total. The number of anilines is 1. The van der Waals surface area contributed by atoms with E-state index in [-0.39, 0.29) is 24.1 Å². The fourth-order valence-electron chi connectivity index (χ4n) is 4.54. The molecule has 1 saturated heterocycles. The first kappa shape index (κ1) is 27.1. The topological polar surface area (TPSA) is 72.3 Å². The summed E-state index contributed by atoms with van der Waals surface area (Å²) in [5.74, 6) is 0.243. The van der Waals surface area contributed by atoms with Crippen molar-refractivity contribution in [2.24, 2.45) is 5.92 Å². The molecule has 198 valence electrons. The second-order valence-electron chi connectivity index (χ2n) is 8.89. The fraction of sp³-hybridized carbons (Fsp3) is 0.400. The molecule has 4 rings (SSSR count). The van der Waals surface area contributed by atoms with E-state index in [1.165, 1.54) is 24.0 Å². The van der Waals surface area contributed by atoms with Crippen LogP contribution in [-0.4, -0.2) is 46.9 Å². The van der Waals surface area contributed by atoms with Crippen LogP contribution >= 0.6 is 23.2 Å². The van der Waals surface area contributed by atoms with Crippen molar-refractivity contribution in [1.29, 1.82) is 0 Å². The van der Waals surface area contributed by atoms with Crippen molar-refractivity contribution in [2.45, 2.75) is 38.5 Å². The lowest BCUT2D eigenvalue weighted by Crippen LogP contribution is -2.47. The fourth-order valence-corrected chi connectivity index (χ4v) is 4.98. The Bertz CT molecular complexity index is 1250. The number of hydrogen-bond donors (Lipinski definition) is 1. The normalized spacial score (nSPS) is 15.5. The molecular weight excluding hydrogens is 530 g/mol. The van der Waals surface area contributed by atoms with E-state index in [9.17, 15) is 18.0 Å². The SMILES string of the molecule is COc1cc(N2CCC(C(Cn3nc(C(F)(F)F)c(Cl)c3C)NC(=O)c3ccncc3)CC2)ccc1Cl. The Hall–Kier alpha value is -2.98. The first-order valence-corrected chi connectivity index (χ1v) is 12.4. The zero-order chi connectivity index (χ0) is 26.7. The highest BCUT2D eigenvalue weighted by atomic mass is 35.5. The number of nitrogens with one attached hydrogen (secondary N) is 1. The number of hydrogen-bond acceptors (Lipinski definition) is 5. The van der Waals surface area contributed by atoms with Gasteiger partial charge in [-0.15, -0.1) is 0 Å². The molecule has 12 heteroatoms. The Labute approximate surface area is 222 Å². The van der Waals surface area contributed by atoms with Crippen LogP contribution in [0.5, 0.6) is 5.75 Å². The molecule has 37 heavy (non-hydrogen) atoms. The van der Waals surface area contributed by atoms with Crippen molar-refractivity contribution in [1.82, 2.24) is 20.1 Å². The van der Waals surface area contributed by atoms with Crippen LogP contribution in [0.25, 0.3) is 0 Å². The van der Waals surface area contributed by atoms with Gasteiger partial charge in [0.25, 0.3) is 5.91 Å². The number of methoxy groups -OCH3 is 1. The lowest BCUT2D eigenvalue weighted by Gasteiger charge is -2.37. The van der Waals surface area contributed by atoms with E-state index in [2.05, 4.69) is 20.3 Å². The summed E-state index contributed by atoms with van der Waals surface area (Å²) in [5, 5.41) is 6.85. The number of rotatable bonds is 7. The molecule has 7 nitrogen and oxygen atoms in total. The highest BCUT2D eigenvalue weighted by Crippen LogP contribution is 2.36. The first-order chi connectivity index (χ1) is 17.6. The number of carbonyl (C=O) groups is 1. The van der Waals surface area contributed by atoms with Crippen molar-refractivity contribution >= 4 is 34.8 Å². The lowest BCUT2D eigenvalue weighted by molar-refractivity contribution is -0.141. The minimum absolute atomic E-state index is 0.00653. The van der Waals surface area contributed by atoms with Gasteiger partial charge in [0.05, 0.1) is 35.4 Å². The molecule has 3 aromatic rings. The highest BCUT2D eigenvalue weighted by Gasteiger charge is 2.39. The van der Waals surface area contributed by atoms with Gasteiger partial charge in [0.2, 0.25) is 0 Å². The molecule has 0 spiro atoms. The van der Waals surface area contributed by atoms with Gasteiger partial charge in [0, 0.05) is 42.8 Å². The Balaban J connectivity index is 1.55. The molecule has 0 radical (unpaired) electrons. The number of carbonyl (C=O) groups excluding carboxylic acids is 1. The number of nitrogens with zero attached hydrogens (tertiary/aromatic N) is 4. The Morgan fingerprint density at radius 3 is 2.46 bits per heavy atom. The summed E-state index contributed by atoms with van der Waals surface area (Å²) in [6, 6.07) is 8.27. The number of ether oxygens (including phenoxy) is 1. The smallest absolute Gasteiger partial charge is 0.436 e. The van der Waals surface area contributed by atoms with Crippen molar-refractivity contribution in [3.63, 3.8) is 0 Å². The van der Waals surface area contributed by atoms with Crippen molar-refractivity contribution in [3.8, 4) is 5.75 Å². The van der Waals surface area contributed by atoms with Gasteiger partial charge in [-0.25, -0.2) is 0 Å². The van der Waals surface area contributed by atoms with Crippen molar-refractivity contribution in [3.05, 3.63) is 69.7 Å². The molecule has 0 bridgehead atoms. The maximum atomic E-state index is 13.4. The number of halogens is 5. The van der Waals surface area contributed by atoms with Crippen LogP contribution < -0.4 is 15.0 Å². The Morgan fingerprint density at radius 1 is 1.19 bits per heavy atom. The Kier molecular flexibility index (Phi) is 8.18. The van der Waals surface area contributed by atoms with E-state index in [4.69, 9.17) is 27.9 Å². The van der Waals surface area contributed by atoms with Crippen LogP contribution in [-0.2, 0) is 12.7 Å². The number of benzene rings is 1. The van der Waals surface area contributed by atoms with Gasteiger partial charge < -0.3 is 15.0 Å². The second kappa shape index (κ2) is 11.2. The van der Waals surface area contributed by atoms with Crippen LogP contribution in [0.15, 0.2) is 42.7 Å². The maximum absolute atomic E-state index is 13.4. The zero-order valence-electron chi connectivity index (χ0n) is 20.2. The molecule has 1 fully saturated rings. The summed E-state index contributed by atoms with van der Waals surface area (Å²) in [7, 11) is 1.56. The van der Waals surface area contributed by atoms with Gasteiger partial charge in [-0.2, -0.15) is 18.3 Å². The average Bonchev–Trinajstić information content (AvgIpc) is 3.18. The number of piperidine rings is 1. The van der Waals surface area contributed by atoms with Gasteiger partial charge in [0.1, 0.15) is 5.75 Å². The zero-order valence-corrected chi connectivity index (χ0v) is 21.7. The van der Waals surface area contributed by atoms with Gasteiger partial charge >= 0.3 is 6.18 Å². The van der Waals surface area contributed by atoms with Crippen LogP contribution in [0.1, 0.15) is 34.6 Å². The summed E-state index contributed by atoms with van der Waals surface area (Å²) < 4.78 is 46.7. The third kappa shape index (κ3) is 6.13. The predicted molar refractivity (Wildman–Crippen MR) is 135 cm³/mol. The monoisotopic (exact) mass is 555 g/mol. The molecular formula is C25H26Cl2F3N5O2. The first-order valence-electron chi connectivity index (χ1n) is 11.7. The highest BCUT2D eigenvalue weighted by molar-refractivity contribution is 6.32. The van der Waals surface area contributed by atoms with E-state index in [1.807, 2.05) is 12.1 Å². The number of amides is 1. The Morgan fingerprint density at radius 2 is 1.86 bits per heavy atom. The molecule has 1 aromatic carbocycles. The third-order valence-electron chi connectivity index (χ3n) is 6.64. The largest absolute Gasteiger partial charge is 0.495 e. The summed E-state index contributed by atoms with van der Waals surface area (Å²) in [4.78, 5) is 19.1. The number of aromatic nitrogens is 3. The molecule has 1 atom stereocenters. The minimum Gasteiger partial charge on any atom is -0.495 e. The quantitative estimate of drug-likeness (QED) is 0.408. The summed E-state index contributed by atoms with van der Waals surface area (Å²) in [5.41, 5.74) is 0.443. The van der Waals surface area contributed by atoms with Crippen LogP contribution in [0, 0.1) is 12.8 Å². The van der Waals surface area contributed by atoms with Gasteiger partial charge in [-0.3, -0.25) is 14.5 Å². The van der Waals surface area contributed by atoms with Crippen molar-refractivity contribution < 1.29 is 22.7 Å². The van der Waals surface area contributed by atoms with Gasteiger partial charge in [0.15, 0.2) is 5.69 Å². The van der Waals surface area contributed by atoms with Gasteiger partial charge in [-0.05, 0) is 49.9 Å². The van der Waals surface area contributed by atoms with Crippen LogP contribution in [0.2, 0.25) is 10.0 Å². The van der Waals surface area contributed by atoms with Crippen LogP contribution in [0.4, 0.5) is 18.9 Å². The van der Waals surface area contributed by atoms with Crippen LogP contribution in [0.3, 0.4) is 0 Å². The van der Waals surface area contributed by atoms with E-state index in [1.54, 1.807) is 25.3 Å². The van der Waals surface area contributed by atoms with Crippen molar-refractivity contribution in [2.75, 3.05) is 25.1 Å². The lowest BCUT2D eigenvalue weighted by atomic mass is 9.88. The number of pyridine rings is 1. The van der Waals surface area contributed by atoms with Gasteiger partial charge in [-0.1, -0.05) is 23.2 Å². The third-order valence-corrected chi connectivity index (χ3v) is 7.40. The average molecular weight is 556 g/mol. The molecule has 0 aliphatic carbocycles. The van der Waals surface area contributed by atoms with E-state index < -0.39 is 22.9 Å². The standard InChI is InChI=1S/C25H26Cl2F3N5O2/c1-15-22(27)23(25(28,29)30)33-35(15)14-20(32-24(36)17-5-9-31-10-6-17)16-7-11-34(12-8-16)18-3-4-19(26)21(13-18)37-2/h3-6,9-10,13,16,20H,7-8,11-12,14H2,1-2H3,(H,32,36). The maximum Gasteiger partial charge on any atom is 0.436 e. The van der Waals surface area contributed by atoms with E-state index in [0.29, 0.717) is 42.3 Å². The molecule has 1 unspecified atom stereocenters. The molecule has 2 aromatic heterocycles. The minimum atomic E-state index is -4.67. The molecule has 1 amide bonds. The second-order valence-corrected chi connectivity index (χ2v) is 9.67.